The molecule has 0 radical (unpaired) electrons. The summed E-state index contributed by atoms with van der Waals surface area (Å²) in [6, 6.07) is 0. The molecule has 1 heterocycles. The fourth-order valence-corrected chi connectivity index (χ4v) is 2.32. The van der Waals surface area contributed by atoms with Crippen molar-refractivity contribution in [1.82, 2.24) is 4.98 Å². The molecule has 0 saturated carbocycles. The highest BCUT2D eigenvalue weighted by Gasteiger charge is 2.18. The van der Waals surface area contributed by atoms with Crippen molar-refractivity contribution in [3.63, 3.8) is 0 Å². The average molecular weight is 251 g/mol. The van der Waals surface area contributed by atoms with Gasteiger partial charge >= 0.3 is 0 Å². The zero-order chi connectivity index (χ0) is 13.4. The summed E-state index contributed by atoms with van der Waals surface area (Å²) in [7, 11) is 3.35. The molecule has 0 aliphatic heterocycles. The topological polar surface area (TPSA) is 31.4 Å². The molecular weight excluding hydrogens is 226 g/mol. The number of aromatic nitrogens is 1. The minimum Gasteiger partial charge on any atom is -0.492 e. The van der Waals surface area contributed by atoms with E-state index < -0.39 is 0 Å². The lowest BCUT2D eigenvalue weighted by Gasteiger charge is -2.19. The summed E-state index contributed by atoms with van der Waals surface area (Å²) < 4.78 is 10.8. The minimum atomic E-state index is 0.508. The van der Waals surface area contributed by atoms with Crippen molar-refractivity contribution in [1.29, 1.82) is 0 Å². The Kier molecular flexibility index (Phi) is 6.55. The number of rotatable bonds is 8. The molecule has 0 aliphatic carbocycles. The number of hydrogen-bond acceptors (Lipinski definition) is 3. The fraction of sp³-hybridized carbons (Fsp3) is 0.667. The summed E-state index contributed by atoms with van der Waals surface area (Å²) in [4.78, 5) is 4.26. The fourth-order valence-electron chi connectivity index (χ4n) is 2.32. The lowest BCUT2D eigenvalue weighted by Crippen LogP contribution is -2.03. The highest BCUT2D eigenvalue weighted by atomic mass is 16.5. The van der Waals surface area contributed by atoms with Crippen molar-refractivity contribution in [2.45, 2.75) is 51.9 Å². The number of hydrogen-bond donors (Lipinski definition) is 0. The predicted molar refractivity (Wildman–Crippen MR) is 74.5 cm³/mol. The van der Waals surface area contributed by atoms with Crippen LogP contribution in [-0.2, 0) is 0 Å². The lowest BCUT2D eigenvalue weighted by molar-refractivity contribution is 0.345. The molecule has 0 amide bonds. The zero-order valence-electron chi connectivity index (χ0n) is 12.0. The quantitative estimate of drug-likeness (QED) is 0.650. The van der Waals surface area contributed by atoms with Gasteiger partial charge in [0.25, 0.3) is 0 Å². The molecule has 1 aromatic rings. The second-order valence-electron chi connectivity index (χ2n) is 4.57. The maximum Gasteiger partial charge on any atom is 0.179 e. The van der Waals surface area contributed by atoms with Gasteiger partial charge in [-0.3, -0.25) is 4.98 Å². The molecular formula is C15H25NO2. The van der Waals surface area contributed by atoms with Crippen LogP contribution in [0.15, 0.2) is 12.4 Å². The van der Waals surface area contributed by atoms with Crippen molar-refractivity contribution >= 4 is 0 Å². The van der Waals surface area contributed by atoms with Gasteiger partial charge in [0.15, 0.2) is 11.5 Å². The van der Waals surface area contributed by atoms with Gasteiger partial charge in [-0.2, -0.15) is 0 Å². The second kappa shape index (κ2) is 7.96. The Morgan fingerprint density at radius 1 is 1.11 bits per heavy atom. The molecule has 0 aromatic carbocycles. The Morgan fingerprint density at radius 3 is 2.44 bits per heavy atom. The number of nitrogens with zero attached hydrogens (tertiary/aromatic N) is 1. The number of unbranched alkanes of at least 4 members (excludes halogenated alkanes) is 2. The summed E-state index contributed by atoms with van der Waals surface area (Å²) in [5.41, 5.74) is 1.18. The molecule has 3 nitrogen and oxygen atoms in total. The first kappa shape index (κ1) is 14.8. The van der Waals surface area contributed by atoms with Crippen molar-refractivity contribution in [2.75, 3.05) is 14.2 Å². The summed E-state index contributed by atoms with van der Waals surface area (Å²) in [5.74, 6) is 2.08. The average Bonchev–Trinajstić information content (AvgIpc) is 2.42. The Hall–Kier alpha value is -1.25. The maximum atomic E-state index is 5.49. The molecule has 18 heavy (non-hydrogen) atoms. The third kappa shape index (κ3) is 3.62. The Labute approximate surface area is 111 Å². The molecule has 0 bridgehead atoms. The smallest absolute Gasteiger partial charge is 0.179 e. The van der Waals surface area contributed by atoms with E-state index in [4.69, 9.17) is 9.47 Å². The van der Waals surface area contributed by atoms with Crippen LogP contribution in [0.5, 0.6) is 11.5 Å². The van der Waals surface area contributed by atoms with Gasteiger partial charge in [0.1, 0.15) is 0 Å². The van der Waals surface area contributed by atoms with E-state index in [1.165, 1.54) is 31.2 Å². The van der Waals surface area contributed by atoms with Gasteiger partial charge < -0.3 is 9.47 Å². The molecule has 0 fully saturated rings. The molecule has 0 N–H and O–H groups in total. The Balaban J connectivity index is 2.90. The molecule has 1 rings (SSSR count). The largest absolute Gasteiger partial charge is 0.492 e. The van der Waals surface area contributed by atoms with Crippen molar-refractivity contribution < 1.29 is 9.47 Å². The molecule has 0 aliphatic rings. The standard InChI is InChI=1S/C15H25NO2/c1-5-7-8-9-12(6-2)13-10-16-11-14(17-3)15(13)18-4/h10-12H,5-9H2,1-4H3. The molecule has 3 heteroatoms. The van der Waals surface area contributed by atoms with Crippen LogP contribution in [0, 0.1) is 0 Å². The van der Waals surface area contributed by atoms with Gasteiger partial charge in [-0.05, 0) is 18.8 Å². The molecule has 1 atom stereocenters. The van der Waals surface area contributed by atoms with Crippen LogP contribution in [0.1, 0.15) is 57.4 Å². The lowest BCUT2D eigenvalue weighted by atomic mass is 9.91. The van der Waals surface area contributed by atoms with Gasteiger partial charge in [0, 0.05) is 11.8 Å². The van der Waals surface area contributed by atoms with Gasteiger partial charge in [0.05, 0.1) is 20.4 Å². The summed E-state index contributed by atoms with van der Waals surface area (Å²) in [5, 5.41) is 0. The number of ether oxygens (including phenoxy) is 2. The monoisotopic (exact) mass is 251 g/mol. The van der Waals surface area contributed by atoms with E-state index >= 15 is 0 Å². The van der Waals surface area contributed by atoms with Crippen LogP contribution in [0.3, 0.4) is 0 Å². The highest BCUT2D eigenvalue weighted by Crippen LogP contribution is 2.37. The first-order valence-corrected chi connectivity index (χ1v) is 6.84. The number of methoxy groups -OCH3 is 2. The van der Waals surface area contributed by atoms with Gasteiger partial charge in [-0.25, -0.2) is 0 Å². The zero-order valence-corrected chi connectivity index (χ0v) is 12.0. The Bertz CT molecular complexity index is 352. The molecule has 1 unspecified atom stereocenters. The normalized spacial score (nSPS) is 12.2. The first-order valence-electron chi connectivity index (χ1n) is 6.84. The van der Waals surface area contributed by atoms with Gasteiger partial charge in [-0.15, -0.1) is 0 Å². The molecule has 1 aromatic heterocycles. The number of pyridine rings is 1. The van der Waals surface area contributed by atoms with E-state index in [1.807, 2.05) is 6.20 Å². The van der Waals surface area contributed by atoms with E-state index in [-0.39, 0.29) is 0 Å². The van der Waals surface area contributed by atoms with E-state index in [2.05, 4.69) is 18.8 Å². The van der Waals surface area contributed by atoms with Crippen molar-refractivity contribution in [2.24, 2.45) is 0 Å². The SMILES string of the molecule is CCCCCC(CC)c1cncc(OC)c1OC. The van der Waals surface area contributed by atoms with Crippen LogP contribution in [0.2, 0.25) is 0 Å². The summed E-state index contributed by atoms with van der Waals surface area (Å²) >= 11 is 0. The van der Waals surface area contributed by atoms with Crippen LogP contribution in [0.4, 0.5) is 0 Å². The second-order valence-corrected chi connectivity index (χ2v) is 4.57. The van der Waals surface area contributed by atoms with Crippen LogP contribution in [-0.4, -0.2) is 19.2 Å². The van der Waals surface area contributed by atoms with Gasteiger partial charge in [0.2, 0.25) is 0 Å². The minimum absolute atomic E-state index is 0.508. The highest BCUT2D eigenvalue weighted by molar-refractivity contribution is 5.45. The van der Waals surface area contributed by atoms with E-state index in [0.717, 1.165) is 17.9 Å². The Morgan fingerprint density at radius 2 is 1.89 bits per heavy atom. The molecule has 0 saturated heterocycles. The van der Waals surface area contributed by atoms with Crippen molar-refractivity contribution in [3.05, 3.63) is 18.0 Å². The van der Waals surface area contributed by atoms with Crippen LogP contribution < -0.4 is 9.47 Å². The third-order valence-electron chi connectivity index (χ3n) is 3.40. The van der Waals surface area contributed by atoms with E-state index in [1.54, 1.807) is 20.4 Å². The van der Waals surface area contributed by atoms with Crippen LogP contribution in [0.25, 0.3) is 0 Å². The first-order chi connectivity index (χ1) is 8.78. The summed E-state index contributed by atoms with van der Waals surface area (Å²) in [6.07, 6.45) is 9.72. The predicted octanol–water partition coefficient (Wildman–Crippen LogP) is 4.17. The third-order valence-corrected chi connectivity index (χ3v) is 3.40. The van der Waals surface area contributed by atoms with E-state index in [0.29, 0.717) is 5.92 Å². The summed E-state index contributed by atoms with van der Waals surface area (Å²) in [6.45, 7) is 4.45. The van der Waals surface area contributed by atoms with Crippen molar-refractivity contribution in [3.8, 4) is 11.5 Å². The molecule has 102 valence electrons. The van der Waals surface area contributed by atoms with E-state index in [9.17, 15) is 0 Å². The maximum absolute atomic E-state index is 5.49. The van der Waals surface area contributed by atoms with Gasteiger partial charge in [-0.1, -0.05) is 33.1 Å². The molecule has 0 spiro atoms. The van der Waals surface area contributed by atoms with Crippen LogP contribution >= 0.6 is 0 Å².